The molecule has 5 nitrogen and oxygen atoms in total. The summed E-state index contributed by atoms with van der Waals surface area (Å²) in [5, 5.41) is 12.1. The smallest absolute Gasteiger partial charge is 0.317 e. The van der Waals surface area contributed by atoms with Crippen LogP contribution in [0.1, 0.15) is 31.9 Å². The SMILES string of the molecule is C[C@@H](NC(=O)N1CCC(C)(C(=O)O)C1)c1ccc(Br)cc1. The fourth-order valence-electron chi connectivity index (χ4n) is 2.42. The van der Waals surface area contributed by atoms with Crippen LogP contribution in [0, 0.1) is 5.41 Å². The van der Waals surface area contributed by atoms with Gasteiger partial charge in [0.05, 0.1) is 11.5 Å². The number of nitrogens with one attached hydrogen (secondary N) is 1. The molecule has 0 saturated carbocycles. The highest BCUT2D eigenvalue weighted by Gasteiger charge is 2.42. The number of hydrogen-bond donors (Lipinski definition) is 2. The molecule has 0 bridgehead atoms. The Morgan fingerprint density at radius 3 is 2.52 bits per heavy atom. The van der Waals surface area contributed by atoms with Crippen molar-refractivity contribution in [1.82, 2.24) is 10.2 Å². The molecule has 0 radical (unpaired) electrons. The Hall–Kier alpha value is -1.56. The number of carbonyl (C=O) groups excluding carboxylic acids is 1. The number of aliphatic carboxylic acids is 1. The summed E-state index contributed by atoms with van der Waals surface area (Å²) in [6, 6.07) is 7.41. The van der Waals surface area contributed by atoms with Crippen molar-refractivity contribution in [1.29, 1.82) is 0 Å². The van der Waals surface area contributed by atoms with Gasteiger partial charge >= 0.3 is 12.0 Å². The zero-order valence-electron chi connectivity index (χ0n) is 12.1. The first-order valence-corrected chi connectivity index (χ1v) is 7.65. The van der Waals surface area contributed by atoms with Gasteiger partial charge in [-0.05, 0) is 38.0 Å². The number of nitrogens with zero attached hydrogens (tertiary/aromatic N) is 1. The van der Waals surface area contributed by atoms with E-state index in [0.29, 0.717) is 13.0 Å². The first kappa shape index (κ1) is 15.8. The summed E-state index contributed by atoms with van der Waals surface area (Å²) < 4.78 is 0.988. The van der Waals surface area contributed by atoms with E-state index in [1.54, 1.807) is 11.8 Å². The minimum atomic E-state index is -0.848. The van der Waals surface area contributed by atoms with Crippen molar-refractivity contribution >= 4 is 27.9 Å². The van der Waals surface area contributed by atoms with Gasteiger partial charge in [-0.1, -0.05) is 28.1 Å². The Kier molecular flexibility index (Phi) is 4.56. The van der Waals surface area contributed by atoms with Crippen LogP contribution in [0.25, 0.3) is 0 Å². The molecule has 2 rings (SSSR count). The summed E-state index contributed by atoms with van der Waals surface area (Å²) >= 11 is 3.37. The summed E-state index contributed by atoms with van der Waals surface area (Å²) in [5.41, 5.74) is 0.171. The van der Waals surface area contributed by atoms with Crippen LogP contribution in [0.5, 0.6) is 0 Å². The summed E-state index contributed by atoms with van der Waals surface area (Å²) in [7, 11) is 0. The monoisotopic (exact) mass is 354 g/mol. The lowest BCUT2D eigenvalue weighted by Crippen LogP contribution is -2.41. The molecule has 114 valence electrons. The molecule has 1 saturated heterocycles. The molecular formula is C15H19BrN2O3. The number of hydrogen-bond acceptors (Lipinski definition) is 2. The largest absolute Gasteiger partial charge is 0.481 e. The summed E-state index contributed by atoms with van der Waals surface area (Å²) in [4.78, 5) is 25.0. The number of halogens is 1. The third kappa shape index (κ3) is 3.56. The van der Waals surface area contributed by atoms with Gasteiger partial charge in [-0.2, -0.15) is 0 Å². The van der Waals surface area contributed by atoms with Crippen molar-refractivity contribution in [2.24, 2.45) is 5.41 Å². The average molecular weight is 355 g/mol. The van der Waals surface area contributed by atoms with Crippen LogP contribution in [0.15, 0.2) is 28.7 Å². The van der Waals surface area contributed by atoms with Crippen LogP contribution < -0.4 is 5.32 Å². The molecule has 1 aromatic rings. The van der Waals surface area contributed by atoms with Crippen molar-refractivity contribution in [3.05, 3.63) is 34.3 Å². The van der Waals surface area contributed by atoms with Gasteiger partial charge in [0.1, 0.15) is 0 Å². The minimum Gasteiger partial charge on any atom is -0.481 e. The number of carboxylic acid groups (broad SMARTS) is 1. The molecule has 2 N–H and O–H groups in total. The number of likely N-dealkylation sites (tertiary alicyclic amines) is 1. The van der Waals surface area contributed by atoms with E-state index < -0.39 is 11.4 Å². The zero-order valence-corrected chi connectivity index (χ0v) is 13.7. The quantitative estimate of drug-likeness (QED) is 0.876. The Labute approximate surface area is 132 Å². The Bertz CT molecular complexity index is 546. The number of carbonyl (C=O) groups is 2. The summed E-state index contributed by atoms with van der Waals surface area (Å²) in [5.74, 6) is -0.848. The molecule has 6 heteroatoms. The second-order valence-electron chi connectivity index (χ2n) is 5.76. The number of urea groups is 1. The fraction of sp³-hybridized carbons (Fsp3) is 0.467. The highest BCUT2D eigenvalue weighted by molar-refractivity contribution is 9.10. The van der Waals surface area contributed by atoms with Crippen molar-refractivity contribution in [3.63, 3.8) is 0 Å². The molecule has 2 amide bonds. The topological polar surface area (TPSA) is 69.6 Å². The predicted molar refractivity (Wildman–Crippen MR) is 83.0 cm³/mol. The minimum absolute atomic E-state index is 0.123. The van der Waals surface area contributed by atoms with Crippen LogP contribution >= 0.6 is 15.9 Å². The molecule has 1 heterocycles. The molecule has 1 aliphatic rings. The Morgan fingerprint density at radius 2 is 2.00 bits per heavy atom. The number of carboxylic acids is 1. The molecular weight excluding hydrogens is 336 g/mol. The van der Waals surface area contributed by atoms with Gasteiger partial charge in [0.25, 0.3) is 0 Å². The standard InChI is InChI=1S/C15H19BrN2O3/c1-10(11-3-5-12(16)6-4-11)17-14(21)18-8-7-15(2,9-18)13(19)20/h3-6,10H,7-9H2,1-2H3,(H,17,21)(H,19,20)/t10-,15?/m1/s1. The zero-order chi connectivity index (χ0) is 15.6. The van der Waals surface area contributed by atoms with Gasteiger partial charge in [-0.15, -0.1) is 0 Å². The van der Waals surface area contributed by atoms with Crippen LogP contribution in [-0.4, -0.2) is 35.1 Å². The van der Waals surface area contributed by atoms with E-state index in [-0.39, 0.29) is 18.6 Å². The number of rotatable bonds is 3. The van der Waals surface area contributed by atoms with Crippen molar-refractivity contribution in [2.75, 3.05) is 13.1 Å². The van der Waals surface area contributed by atoms with Crippen LogP contribution in [0.2, 0.25) is 0 Å². The van der Waals surface area contributed by atoms with E-state index in [1.165, 1.54) is 0 Å². The van der Waals surface area contributed by atoms with E-state index >= 15 is 0 Å². The van der Waals surface area contributed by atoms with Gasteiger partial charge in [0.15, 0.2) is 0 Å². The highest BCUT2D eigenvalue weighted by atomic mass is 79.9. The van der Waals surface area contributed by atoms with Crippen LogP contribution in [0.4, 0.5) is 4.79 Å². The second kappa shape index (κ2) is 6.05. The maximum atomic E-state index is 12.2. The van der Waals surface area contributed by atoms with E-state index in [9.17, 15) is 14.7 Å². The van der Waals surface area contributed by atoms with E-state index in [1.807, 2.05) is 31.2 Å². The van der Waals surface area contributed by atoms with Gasteiger partial charge in [-0.3, -0.25) is 4.79 Å². The van der Waals surface area contributed by atoms with Gasteiger partial charge in [-0.25, -0.2) is 4.79 Å². The van der Waals surface area contributed by atoms with E-state index in [2.05, 4.69) is 21.2 Å². The average Bonchev–Trinajstić information content (AvgIpc) is 2.83. The first-order valence-electron chi connectivity index (χ1n) is 6.86. The van der Waals surface area contributed by atoms with Crippen molar-refractivity contribution in [3.8, 4) is 0 Å². The lowest BCUT2D eigenvalue weighted by Gasteiger charge is -2.23. The highest BCUT2D eigenvalue weighted by Crippen LogP contribution is 2.30. The molecule has 1 unspecified atom stereocenters. The molecule has 1 fully saturated rings. The van der Waals surface area contributed by atoms with E-state index in [0.717, 1.165) is 10.0 Å². The Morgan fingerprint density at radius 1 is 1.38 bits per heavy atom. The maximum Gasteiger partial charge on any atom is 0.317 e. The molecule has 0 aliphatic carbocycles. The molecule has 1 aliphatic heterocycles. The van der Waals surface area contributed by atoms with Gasteiger partial charge in [0, 0.05) is 17.6 Å². The number of amides is 2. The molecule has 0 aromatic heterocycles. The number of benzene rings is 1. The predicted octanol–water partition coefficient (Wildman–Crippen LogP) is 3.02. The first-order chi connectivity index (χ1) is 9.82. The Balaban J connectivity index is 1.96. The molecule has 0 spiro atoms. The maximum absolute atomic E-state index is 12.2. The van der Waals surface area contributed by atoms with Crippen LogP contribution in [-0.2, 0) is 4.79 Å². The fourth-order valence-corrected chi connectivity index (χ4v) is 2.68. The van der Waals surface area contributed by atoms with E-state index in [4.69, 9.17) is 0 Å². The normalized spacial score (nSPS) is 22.9. The second-order valence-corrected chi connectivity index (χ2v) is 6.68. The van der Waals surface area contributed by atoms with Gasteiger partial charge in [0.2, 0.25) is 0 Å². The van der Waals surface area contributed by atoms with Crippen molar-refractivity contribution in [2.45, 2.75) is 26.3 Å². The third-order valence-corrected chi connectivity index (χ3v) is 4.52. The van der Waals surface area contributed by atoms with Gasteiger partial charge < -0.3 is 15.3 Å². The van der Waals surface area contributed by atoms with Crippen LogP contribution in [0.3, 0.4) is 0 Å². The molecule has 2 atom stereocenters. The lowest BCUT2D eigenvalue weighted by atomic mass is 9.90. The third-order valence-electron chi connectivity index (χ3n) is 3.99. The van der Waals surface area contributed by atoms with Crippen molar-refractivity contribution < 1.29 is 14.7 Å². The summed E-state index contributed by atoms with van der Waals surface area (Å²) in [6.07, 6.45) is 0.489. The molecule has 21 heavy (non-hydrogen) atoms. The lowest BCUT2D eigenvalue weighted by molar-refractivity contribution is -0.146. The molecule has 1 aromatic carbocycles. The summed E-state index contributed by atoms with van der Waals surface area (Å²) in [6.45, 7) is 4.32.